The molecule has 0 radical (unpaired) electrons. The van der Waals surface area contributed by atoms with Crippen LogP contribution < -0.4 is 0 Å². The van der Waals surface area contributed by atoms with E-state index < -0.39 is 24.6 Å². The fourth-order valence-corrected chi connectivity index (χ4v) is 0.741. The van der Waals surface area contributed by atoms with Crippen molar-refractivity contribution in [3.63, 3.8) is 0 Å². The third kappa shape index (κ3) is 4.07. The van der Waals surface area contributed by atoms with Gasteiger partial charge >= 0.3 is 5.97 Å². The molecule has 0 aliphatic rings. The number of hydrogen-bond acceptors (Lipinski definition) is 4. The van der Waals surface area contributed by atoms with Crippen LogP contribution in [0.3, 0.4) is 0 Å². The lowest BCUT2D eigenvalue weighted by Gasteiger charge is -2.22. The van der Waals surface area contributed by atoms with Gasteiger partial charge in [0.25, 0.3) is 0 Å². The number of esters is 1. The summed E-state index contributed by atoms with van der Waals surface area (Å²) in [6, 6.07) is 0. The number of aliphatic hydroxyl groups excluding tert-OH is 2. The Morgan fingerprint density at radius 3 is 2.21 bits per heavy atom. The molecule has 0 saturated heterocycles. The molecule has 0 aliphatic carbocycles. The van der Waals surface area contributed by atoms with Gasteiger partial charge in [0.2, 0.25) is 0 Å². The van der Waals surface area contributed by atoms with Gasteiger partial charge in [0, 0.05) is 0 Å². The van der Waals surface area contributed by atoms with Crippen LogP contribution in [0.4, 0.5) is 0 Å². The first-order valence-electron chi connectivity index (χ1n) is 4.85. The van der Waals surface area contributed by atoms with Crippen LogP contribution >= 0.6 is 0 Å². The number of ether oxygens (including phenoxy) is 1. The van der Waals surface area contributed by atoms with E-state index in [1.54, 1.807) is 0 Å². The normalized spacial score (nSPS) is 11.9. The summed E-state index contributed by atoms with van der Waals surface area (Å²) in [5, 5.41) is 17.8. The maximum atomic E-state index is 11.4. The Kier molecular flexibility index (Phi) is 5.72. The maximum absolute atomic E-state index is 11.4. The van der Waals surface area contributed by atoms with Crippen molar-refractivity contribution in [1.29, 1.82) is 0 Å². The highest BCUT2D eigenvalue weighted by molar-refractivity contribution is 5.76. The van der Waals surface area contributed by atoms with Crippen LogP contribution in [0, 0.1) is 11.3 Å². The topological polar surface area (TPSA) is 66.8 Å². The van der Waals surface area contributed by atoms with Gasteiger partial charge in [0.05, 0.1) is 19.8 Å². The van der Waals surface area contributed by atoms with Gasteiger partial charge in [-0.1, -0.05) is 13.8 Å². The van der Waals surface area contributed by atoms with Crippen LogP contribution in [0.2, 0.25) is 0 Å². The van der Waals surface area contributed by atoms with Crippen LogP contribution in [0.1, 0.15) is 27.2 Å². The van der Waals surface area contributed by atoms with E-state index >= 15 is 0 Å². The van der Waals surface area contributed by atoms with Crippen molar-refractivity contribution in [2.24, 2.45) is 11.3 Å². The molecule has 4 heteroatoms. The molecule has 0 atom stereocenters. The van der Waals surface area contributed by atoms with E-state index in [1.807, 2.05) is 13.8 Å². The summed E-state index contributed by atoms with van der Waals surface area (Å²) in [6.45, 7) is 5.08. The Morgan fingerprint density at radius 1 is 1.36 bits per heavy atom. The summed E-state index contributed by atoms with van der Waals surface area (Å²) in [5.41, 5.74) is -1.17. The van der Waals surface area contributed by atoms with Crippen molar-refractivity contribution in [1.82, 2.24) is 0 Å². The zero-order chi connectivity index (χ0) is 11.2. The second kappa shape index (κ2) is 5.98. The van der Waals surface area contributed by atoms with E-state index in [0.717, 1.165) is 6.42 Å². The number of hydrogen-bond donors (Lipinski definition) is 2. The van der Waals surface area contributed by atoms with Crippen molar-refractivity contribution in [2.75, 3.05) is 19.8 Å². The zero-order valence-electron chi connectivity index (χ0n) is 9.12. The first kappa shape index (κ1) is 13.4. The van der Waals surface area contributed by atoms with Gasteiger partial charge < -0.3 is 14.9 Å². The first-order valence-corrected chi connectivity index (χ1v) is 4.85. The van der Waals surface area contributed by atoms with Gasteiger partial charge in [-0.3, -0.25) is 4.79 Å². The molecule has 4 nitrogen and oxygen atoms in total. The van der Waals surface area contributed by atoms with Crippen molar-refractivity contribution in [2.45, 2.75) is 27.2 Å². The third-order valence-corrected chi connectivity index (χ3v) is 2.12. The highest BCUT2D eigenvalue weighted by Gasteiger charge is 2.33. The van der Waals surface area contributed by atoms with Crippen LogP contribution in [0.5, 0.6) is 0 Å². The van der Waals surface area contributed by atoms with E-state index in [-0.39, 0.29) is 0 Å². The average Bonchev–Trinajstić information content (AvgIpc) is 2.15. The first-order chi connectivity index (χ1) is 6.46. The second-order valence-corrected chi connectivity index (χ2v) is 4.20. The molecule has 0 aliphatic heterocycles. The minimum Gasteiger partial charge on any atom is -0.465 e. The van der Waals surface area contributed by atoms with Crippen LogP contribution in [0.15, 0.2) is 0 Å². The number of carbonyl (C=O) groups excluding carboxylic acids is 1. The molecule has 0 heterocycles. The summed E-state index contributed by atoms with van der Waals surface area (Å²) in [7, 11) is 0. The van der Waals surface area contributed by atoms with Gasteiger partial charge in [-0.15, -0.1) is 0 Å². The monoisotopic (exact) mass is 204 g/mol. The minimum absolute atomic E-state index is 0.339. The summed E-state index contributed by atoms with van der Waals surface area (Å²) >= 11 is 0. The lowest BCUT2D eigenvalue weighted by molar-refractivity contribution is -0.160. The Labute approximate surface area is 84.9 Å². The number of aliphatic hydroxyl groups is 2. The van der Waals surface area contributed by atoms with Gasteiger partial charge in [0.1, 0.15) is 5.41 Å². The van der Waals surface area contributed by atoms with E-state index in [0.29, 0.717) is 12.5 Å². The molecule has 0 unspecified atom stereocenters. The van der Waals surface area contributed by atoms with Gasteiger partial charge in [-0.05, 0) is 19.3 Å². The van der Waals surface area contributed by atoms with E-state index in [4.69, 9.17) is 14.9 Å². The highest BCUT2D eigenvalue weighted by atomic mass is 16.5. The highest BCUT2D eigenvalue weighted by Crippen LogP contribution is 2.16. The smallest absolute Gasteiger partial charge is 0.316 e. The number of rotatable bonds is 6. The molecule has 14 heavy (non-hydrogen) atoms. The van der Waals surface area contributed by atoms with Crippen LogP contribution in [-0.2, 0) is 9.53 Å². The number of carbonyl (C=O) groups is 1. The molecule has 0 rings (SSSR count). The molecular weight excluding hydrogens is 184 g/mol. The Balaban J connectivity index is 3.94. The molecule has 0 bridgehead atoms. The third-order valence-electron chi connectivity index (χ3n) is 2.12. The Bertz CT molecular complexity index is 173. The van der Waals surface area contributed by atoms with E-state index in [2.05, 4.69) is 0 Å². The average molecular weight is 204 g/mol. The predicted octanol–water partition coefficient (Wildman–Crippen LogP) is 0.567. The fourth-order valence-electron chi connectivity index (χ4n) is 0.741. The van der Waals surface area contributed by atoms with E-state index in [9.17, 15) is 4.79 Å². The summed E-state index contributed by atoms with van der Waals surface area (Å²) in [5.74, 6) is -0.0690. The molecule has 0 spiro atoms. The van der Waals surface area contributed by atoms with Gasteiger partial charge in [-0.25, -0.2) is 0 Å². The zero-order valence-corrected chi connectivity index (χ0v) is 9.12. The molecule has 0 saturated carbocycles. The Hall–Kier alpha value is -0.610. The van der Waals surface area contributed by atoms with Crippen LogP contribution in [-0.4, -0.2) is 36.0 Å². The standard InChI is InChI=1S/C10H20O4/c1-8(2)4-5-14-9(13)10(3,6-11)7-12/h8,11-12H,4-7H2,1-3H3. The van der Waals surface area contributed by atoms with Gasteiger partial charge in [0.15, 0.2) is 0 Å². The van der Waals surface area contributed by atoms with Crippen molar-refractivity contribution in [3.8, 4) is 0 Å². The predicted molar refractivity (Wildman–Crippen MR) is 52.7 cm³/mol. The summed E-state index contributed by atoms with van der Waals surface area (Å²) < 4.78 is 4.94. The molecular formula is C10H20O4. The van der Waals surface area contributed by atoms with Crippen molar-refractivity contribution >= 4 is 5.97 Å². The summed E-state index contributed by atoms with van der Waals surface area (Å²) in [4.78, 5) is 11.4. The lowest BCUT2D eigenvalue weighted by atomic mass is 9.93. The van der Waals surface area contributed by atoms with E-state index in [1.165, 1.54) is 6.92 Å². The SMILES string of the molecule is CC(C)CCOC(=O)C(C)(CO)CO. The fraction of sp³-hybridized carbons (Fsp3) is 0.900. The lowest BCUT2D eigenvalue weighted by Crippen LogP contribution is -2.37. The van der Waals surface area contributed by atoms with Gasteiger partial charge in [-0.2, -0.15) is 0 Å². The molecule has 0 aromatic rings. The molecule has 0 fully saturated rings. The quantitative estimate of drug-likeness (QED) is 0.621. The summed E-state index contributed by atoms with van der Waals surface area (Å²) in [6.07, 6.45) is 0.790. The minimum atomic E-state index is -1.17. The van der Waals surface area contributed by atoms with Crippen molar-refractivity contribution in [3.05, 3.63) is 0 Å². The molecule has 0 amide bonds. The largest absolute Gasteiger partial charge is 0.465 e. The molecule has 0 aromatic carbocycles. The molecule has 84 valence electrons. The molecule has 2 N–H and O–H groups in total. The molecule has 0 aromatic heterocycles. The van der Waals surface area contributed by atoms with Crippen LogP contribution in [0.25, 0.3) is 0 Å². The second-order valence-electron chi connectivity index (χ2n) is 4.20. The maximum Gasteiger partial charge on any atom is 0.316 e. The van der Waals surface area contributed by atoms with Crippen molar-refractivity contribution < 1.29 is 19.7 Å². The Morgan fingerprint density at radius 2 is 1.86 bits per heavy atom.